The molecule has 1 aromatic rings. The minimum atomic E-state index is -2.53. The smallest absolute Gasteiger partial charge is 0.468 e. The van der Waals surface area contributed by atoms with Crippen molar-refractivity contribution in [1.82, 2.24) is 14.6 Å². The summed E-state index contributed by atoms with van der Waals surface area (Å²) in [5, 5.41) is 0. The first-order chi connectivity index (χ1) is 10.2. The zero-order valence-corrected chi connectivity index (χ0v) is 13.8. The molecule has 1 aromatic heterocycles. The van der Waals surface area contributed by atoms with E-state index in [1.54, 1.807) is 20.8 Å². The molecule has 0 saturated heterocycles. The standard InChI is InChI=1S/C13H19N3O5P/c1-13(2,3)21-12(18)22(19)16-6-9-8(14-7-15-9)5-10(16)11(17)20-4/h7,10H,5-6H2,1-4H3,(H,14,15)/q+1/t10-/m0/s1. The zero-order chi connectivity index (χ0) is 16.5. The number of hydrogen-bond donors (Lipinski definition) is 1. The summed E-state index contributed by atoms with van der Waals surface area (Å²) in [6.07, 6.45) is 1.73. The molecular formula is C13H19N3O5P+. The Morgan fingerprint density at radius 3 is 2.73 bits per heavy atom. The first kappa shape index (κ1) is 16.6. The number of carbonyl (C=O) groups is 2. The van der Waals surface area contributed by atoms with Crippen LogP contribution in [0.3, 0.4) is 0 Å². The molecule has 1 aliphatic rings. The van der Waals surface area contributed by atoms with Gasteiger partial charge in [0, 0.05) is 6.42 Å². The van der Waals surface area contributed by atoms with Crippen LogP contribution in [0.25, 0.3) is 0 Å². The third-order valence-electron chi connectivity index (χ3n) is 3.13. The number of H-pyrrole nitrogens is 1. The van der Waals surface area contributed by atoms with Gasteiger partial charge in [-0.25, -0.2) is 4.98 Å². The largest absolute Gasteiger partial charge is 0.578 e. The molecule has 0 fully saturated rings. The number of nitrogens with one attached hydrogen (secondary N) is 1. The highest BCUT2D eigenvalue weighted by molar-refractivity contribution is 7.60. The average molecular weight is 328 g/mol. The van der Waals surface area contributed by atoms with E-state index < -0.39 is 31.3 Å². The molecule has 0 bridgehead atoms. The monoisotopic (exact) mass is 328 g/mol. The summed E-state index contributed by atoms with van der Waals surface area (Å²) in [4.78, 5) is 31.0. The molecule has 9 heteroatoms. The van der Waals surface area contributed by atoms with Gasteiger partial charge in [-0.3, -0.25) is 4.79 Å². The summed E-state index contributed by atoms with van der Waals surface area (Å²) in [7, 11) is -1.28. The molecule has 0 aliphatic carbocycles. The molecule has 2 rings (SSSR count). The zero-order valence-electron chi connectivity index (χ0n) is 13.0. The molecule has 0 aromatic carbocycles. The van der Waals surface area contributed by atoms with Gasteiger partial charge < -0.3 is 14.5 Å². The lowest BCUT2D eigenvalue weighted by Gasteiger charge is -2.24. The van der Waals surface area contributed by atoms with Gasteiger partial charge in [-0.05, 0) is 25.3 Å². The van der Waals surface area contributed by atoms with Gasteiger partial charge in [0.05, 0.1) is 31.4 Å². The van der Waals surface area contributed by atoms with E-state index in [4.69, 9.17) is 9.47 Å². The molecule has 0 amide bonds. The van der Waals surface area contributed by atoms with Crippen LogP contribution >= 0.6 is 7.95 Å². The second kappa shape index (κ2) is 6.14. The van der Waals surface area contributed by atoms with E-state index in [0.29, 0.717) is 5.69 Å². The lowest BCUT2D eigenvalue weighted by Crippen LogP contribution is -2.43. The van der Waals surface area contributed by atoms with Crippen LogP contribution in [0.4, 0.5) is 4.79 Å². The van der Waals surface area contributed by atoms with Crippen molar-refractivity contribution in [3.05, 3.63) is 17.7 Å². The van der Waals surface area contributed by atoms with Gasteiger partial charge in [0.25, 0.3) is 0 Å². The van der Waals surface area contributed by atoms with Gasteiger partial charge in [0.15, 0.2) is 6.04 Å². The van der Waals surface area contributed by atoms with Crippen LogP contribution in [0.2, 0.25) is 0 Å². The molecule has 0 radical (unpaired) electrons. The molecular weight excluding hydrogens is 309 g/mol. The van der Waals surface area contributed by atoms with Crippen molar-refractivity contribution in [3.63, 3.8) is 0 Å². The van der Waals surface area contributed by atoms with Crippen molar-refractivity contribution in [3.8, 4) is 0 Å². The van der Waals surface area contributed by atoms with Crippen molar-refractivity contribution in [2.45, 2.75) is 45.4 Å². The number of carbonyl (C=O) groups excluding carboxylic acids is 2. The van der Waals surface area contributed by atoms with Gasteiger partial charge in [0.1, 0.15) is 5.60 Å². The molecule has 0 saturated carbocycles. The van der Waals surface area contributed by atoms with Crippen molar-refractivity contribution in [2.75, 3.05) is 7.11 Å². The lowest BCUT2D eigenvalue weighted by atomic mass is 10.1. The summed E-state index contributed by atoms with van der Waals surface area (Å²) < 4.78 is 23.7. The summed E-state index contributed by atoms with van der Waals surface area (Å²) in [6.45, 7) is 5.21. The van der Waals surface area contributed by atoms with E-state index in [1.807, 2.05) is 0 Å². The molecule has 1 aliphatic heterocycles. The molecule has 0 spiro atoms. The fraction of sp³-hybridized carbons (Fsp3) is 0.615. The predicted octanol–water partition coefficient (Wildman–Crippen LogP) is 1.99. The number of esters is 1. The number of ether oxygens (including phenoxy) is 2. The fourth-order valence-corrected chi connectivity index (χ4v) is 3.42. The van der Waals surface area contributed by atoms with Crippen molar-refractivity contribution in [2.24, 2.45) is 0 Å². The summed E-state index contributed by atoms with van der Waals surface area (Å²) in [6, 6.07) is -0.822. The Labute approximate surface area is 129 Å². The van der Waals surface area contributed by atoms with E-state index >= 15 is 0 Å². The topological polar surface area (TPSA) is 102 Å². The number of hydrogen-bond acceptors (Lipinski definition) is 6. The number of nitrogens with zero attached hydrogens (tertiary/aromatic N) is 2. The summed E-state index contributed by atoms with van der Waals surface area (Å²) >= 11 is 0. The molecule has 8 nitrogen and oxygen atoms in total. The van der Waals surface area contributed by atoms with Gasteiger partial charge in [-0.1, -0.05) is 4.67 Å². The number of aromatic amines is 1. The van der Waals surface area contributed by atoms with Gasteiger partial charge in [0.2, 0.25) is 0 Å². The number of methoxy groups -OCH3 is 1. The highest BCUT2D eigenvalue weighted by atomic mass is 31.1. The second-order valence-corrected chi connectivity index (χ2v) is 7.35. The highest BCUT2D eigenvalue weighted by Gasteiger charge is 2.51. The minimum absolute atomic E-state index is 0.142. The van der Waals surface area contributed by atoms with Crippen LogP contribution in [0.1, 0.15) is 32.2 Å². The van der Waals surface area contributed by atoms with Crippen LogP contribution in [-0.4, -0.2) is 45.1 Å². The molecule has 120 valence electrons. The SMILES string of the molecule is COC(=O)[C@@H]1Cc2nc[nH]c2CN1[P+](=O)C(=O)OC(C)(C)C. The van der Waals surface area contributed by atoms with Crippen LogP contribution < -0.4 is 0 Å². The van der Waals surface area contributed by atoms with Gasteiger partial charge in [-0.2, -0.15) is 4.79 Å². The van der Waals surface area contributed by atoms with E-state index in [1.165, 1.54) is 18.1 Å². The van der Waals surface area contributed by atoms with Gasteiger partial charge >= 0.3 is 19.6 Å². The summed E-state index contributed by atoms with van der Waals surface area (Å²) in [5.74, 6) is -0.555. The number of fused-ring (bicyclic) bond motifs is 1. The Kier molecular flexibility index (Phi) is 4.63. The van der Waals surface area contributed by atoms with E-state index in [9.17, 15) is 14.2 Å². The number of rotatable bonds is 3. The van der Waals surface area contributed by atoms with Crippen LogP contribution in [-0.2, 0) is 31.8 Å². The normalized spacial score (nSPS) is 19.3. The maximum Gasteiger partial charge on any atom is 0.578 e. The Bertz CT molecular complexity index is 607. The predicted molar refractivity (Wildman–Crippen MR) is 77.5 cm³/mol. The quantitative estimate of drug-likeness (QED) is 0.668. The van der Waals surface area contributed by atoms with E-state index in [-0.39, 0.29) is 13.0 Å². The molecule has 1 N–H and O–H groups in total. The van der Waals surface area contributed by atoms with Crippen LogP contribution in [0, 0.1) is 0 Å². The first-order valence-corrected chi connectivity index (χ1v) is 8.00. The lowest BCUT2D eigenvalue weighted by molar-refractivity contribution is -0.145. The van der Waals surface area contributed by atoms with Crippen LogP contribution in [0.15, 0.2) is 6.33 Å². The Balaban J connectivity index is 2.24. The van der Waals surface area contributed by atoms with E-state index in [0.717, 1.165) is 5.69 Å². The summed E-state index contributed by atoms with van der Waals surface area (Å²) in [5.41, 5.74) is -0.164. The maximum absolute atomic E-state index is 12.5. The Morgan fingerprint density at radius 1 is 1.45 bits per heavy atom. The number of imidazole rings is 1. The number of aromatic nitrogens is 2. The van der Waals surface area contributed by atoms with Crippen LogP contribution in [0.5, 0.6) is 0 Å². The molecule has 1 unspecified atom stereocenters. The third-order valence-corrected chi connectivity index (χ3v) is 4.42. The molecule has 2 heterocycles. The molecule has 2 atom stereocenters. The average Bonchev–Trinajstić information content (AvgIpc) is 2.89. The van der Waals surface area contributed by atoms with Crippen molar-refractivity contribution >= 4 is 19.6 Å². The Hall–Kier alpha value is -1.79. The van der Waals surface area contributed by atoms with Crippen molar-refractivity contribution < 1.29 is 23.6 Å². The first-order valence-electron chi connectivity index (χ1n) is 6.78. The Morgan fingerprint density at radius 2 is 2.14 bits per heavy atom. The second-order valence-electron chi connectivity index (χ2n) is 5.92. The van der Waals surface area contributed by atoms with E-state index in [2.05, 4.69) is 9.97 Å². The third kappa shape index (κ3) is 3.51. The van der Waals surface area contributed by atoms with Gasteiger partial charge in [-0.15, -0.1) is 0 Å². The minimum Gasteiger partial charge on any atom is -0.468 e. The highest BCUT2D eigenvalue weighted by Crippen LogP contribution is 2.39. The fourth-order valence-electron chi connectivity index (χ4n) is 2.16. The maximum atomic E-state index is 12.5. The molecule has 22 heavy (non-hydrogen) atoms. The van der Waals surface area contributed by atoms with Crippen molar-refractivity contribution in [1.29, 1.82) is 0 Å².